The molecule has 134 valence electrons. The molecule has 0 fully saturated rings. The fraction of sp³-hybridized carbons (Fsp3) is 0.250. The summed E-state index contributed by atoms with van der Waals surface area (Å²) in [5.74, 6) is 0.0450. The number of nitrogens with one attached hydrogen (secondary N) is 1. The second-order valence-electron chi connectivity index (χ2n) is 6.57. The maximum atomic E-state index is 11.5. The van der Waals surface area contributed by atoms with Crippen molar-refractivity contribution >= 4 is 34.3 Å². The fourth-order valence-corrected chi connectivity index (χ4v) is 2.89. The summed E-state index contributed by atoms with van der Waals surface area (Å²) < 4.78 is 0. The Morgan fingerprint density at radius 3 is 2.46 bits per heavy atom. The van der Waals surface area contributed by atoms with Gasteiger partial charge in [0.15, 0.2) is 5.82 Å². The summed E-state index contributed by atoms with van der Waals surface area (Å²) in [7, 11) is 0. The number of fused-ring (bicyclic) bond motifs is 1. The van der Waals surface area contributed by atoms with E-state index < -0.39 is 12.0 Å². The molecule has 3 rings (SSSR count). The van der Waals surface area contributed by atoms with Crippen LogP contribution in [0.3, 0.4) is 0 Å². The number of hydrogen-bond acceptors (Lipinski definition) is 5. The number of carbonyl (C=O) groups is 1. The zero-order valence-electron chi connectivity index (χ0n) is 14.6. The summed E-state index contributed by atoms with van der Waals surface area (Å²) in [6.45, 7) is 3.93. The topological polar surface area (TPSA) is 77.9 Å². The normalized spacial score (nSPS) is 12.3. The second-order valence-corrected chi connectivity index (χ2v) is 7.00. The minimum Gasteiger partial charge on any atom is -0.548 e. The van der Waals surface area contributed by atoms with Crippen LogP contribution in [-0.4, -0.2) is 22.0 Å². The smallest absolute Gasteiger partial charge is 0.162 e. The number of nitrogens with zero attached hydrogens (tertiary/aromatic N) is 2. The van der Waals surface area contributed by atoms with E-state index in [0.29, 0.717) is 23.1 Å². The van der Waals surface area contributed by atoms with E-state index in [2.05, 4.69) is 15.3 Å². The Balaban J connectivity index is 2.07. The highest BCUT2D eigenvalue weighted by Gasteiger charge is 2.16. The number of halogens is 1. The number of anilines is 1. The number of aliphatic carboxylic acids is 1. The standard InChI is InChI=1S/C20H20ClN3O2/c1-12(2)11-17(20(25)26)23-19-15-5-3-4-6-16(15)22-18(24-19)13-7-9-14(21)10-8-13/h3-10,12,17H,11H2,1-2H3,(H,25,26)(H,22,23,24)/p-1/t17-/m1/s1. The summed E-state index contributed by atoms with van der Waals surface area (Å²) in [5, 5.41) is 16.0. The summed E-state index contributed by atoms with van der Waals surface area (Å²) in [5.41, 5.74) is 1.54. The van der Waals surface area contributed by atoms with Gasteiger partial charge in [-0.1, -0.05) is 37.6 Å². The Morgan fingerprint density at radius 1 is 1.12 bits per heavy atom. The molecular formula is C20H19ClN3O2-. The van der Waals surface area contributed by atoms with Crippen LogP contribution in [-0.2, 0) is 4.79 Å². The van der Waals surface area contributed by atoms with Gasteiger partial charge in [-0.25, -0.2) is 9.97 Å². The highest BCUT2D eigenvalue weighted by Crippen LogP contribution is 2.26. The minimum atomic E-state index is -1.14. The summed E-state index contributed by atoms with van der Waals surface area (Å²) >= 11 is 5.95. The van der Waals surface area contributed by atoms with Crippen LogP contribution >= 0.6 is 11.6 Å². The van der Waals surface area contributed by atoms with Crippen molar-refractivity contribution < 1.29 is 9.90 Å². The molecule has 2 aromatic carbocycles. The Morgan fingerprint density at radius 2 is 1.81 bits per heavy atom. The molecule has 0 bridgehead atoms. The lowest BCUT2D eigenvalue weighted by Crippen LogP contribution is -2.42. The van der Waals surface area contributed by atoms with Gasteiger partial charge in [-0.15, -0.1) is 0 Å². The largest absolute Gasteiger partial charge is 0.548 e. The molecule has 1 aromatic heterocycles. The van der Waals surface area contributed by atoms with Crippen LogP contribution in [0.1, 0.15) is 20.3 Å². The first-order valence-electron chi connectivity index (χ1n) is 8.44. The predicted octanol–water partition coefficient (Wildman–Crippen LogP) is 3.53. The second kappa shape index (κ2) is 7.70. The molecule has 0 unspecified atom stereocenters. The molecule has 0 aliphatic heterocycles. The van der Waals surface area contributed by atoms with Crippen molar-refractivity contribution in [1.29, 1.82) is 0 Å². The van der Waals surface area contributed by atoms with E-state index in [4.69, 9.17) is 11.6 Å². The highest BCUT2D eigenvalue weighted by molar-refractivity contribution is 6.30. The first-order valence-corrected chi connectivity index (χ1v) is 8.82. The molecule has 0 aliphatic rings. The highest BCUT2D eigenvalue weighted by atomic mass is 35.5. The average molecular weight is 369 g/mol. The summed E-state index contributed by atoms with van der Waals surface area (Å²) in [6.07, 6.45) is 0.441. The fourth-order valence-electron chi connectivity index (χ4n) is 2.77. The van der Waals surface area contributed by atoms with Crippen LogP contribution in [0, 0.1) is 5.92 Å². The van der Waals surface area contributed by atoms with Crippen LogP contribution in [0.25, 0.3) is 22.3 Å². The lowest BCUT2D eigenvalue weighted by molar-refractivity contribution is -0.307. The summed E-state index contributed by atoms with van der Waals surface area (Å²) in [4.78, 5) is 20.7. The van der Waals surface area contributed by atoms with E-state index in [1.165, 1.54) is 0 Å². The van der Waals surface area contributed by atoms with E-state index >= 15 is 0 Å². The van der Waals surface area contributed by atoms with Gasteiger partial charge < -0.3 is 15.2 Å². The van der Waals surface area contributed by atoms with Crippen molar-refractivity contribution in [2.24, 2.45) is 5.92 Å². The lowest BCUT2D eigenvalue weighted by Gasteiger charge is -2.23. The van der Waals surface area contributed by atoms with Crippen molar-refractivity contribution in [3.8, 4) is 11.4 Å². The van der Waals surface area contributed by atoms with Gasteiger partial charge in [-0.3, -0.25) is 0 Å². The van der Waals surface area contributed by atoms with E-state index in [-0.39, 0.29) is 5.92 Å². The van der Waals surface area contributed by atoms with Gasteiger partial charge in [0.25, 0.3) is 0 Å². The molecule has 1 atom stereocenters. The molecule has 0 amide bonds. The maximum Gasteiger partial charge on any atom is 0.162 e. The predicted molar refractivity (Wildman–Crippen MR) is 102 cm³/mol. The first-order chi connectivity index (χ1) is 12.4. The summed E-state index contributed by atoms with van der Waals surface area (Å²) in [6, 6.07) is 13.9. The third-order valence-corrected chi connectivity index (χ3v) is 4.26. The molecule has 0 radical (unpaired) electrons. The van der Waals surface area contributed by atoms with E-state index in [1.54, 1.807) is 12.1 Å². The van der Waals surface area contributed by atoms with Crippen LogP contribution in [0.5, 0.6) is 0 Å². The third-order valence-electron chi connectivity index (χ3n) is 4.01. The van der Waals surface area contributed by atoms with Crippen molar-refractivity contribution in [2.45, 2.75) is 26.3 Å². The molecule has 1 heterocycles. The van der Waals surface area contributed by atoms with E-state index in [0.717, 1.165) is 16.5 Å². The molecule has 0 aliphatic carbocycles. The van der Waals surface area contributed by atoms with Crippen LogP contribution in [0.2, 0.25) is 5.02 Å². The number of carbonyl (C=O) groups excluding carboxylic acids is 1. The number of benzene rings is 2. The molecule has 5 nitrogen and oxygen atoms in total. The molecule has 0 spiro atoms. The van der Waals surface area contributed by atoms with Gasteiger partial charge in [0.1, 0.15) is 5.82 Å². The van der Waals surface area contributed by atoms with Crippen molar-refractivity contribution in [3.63, 3.8) is 0 Å². The third kappa shape index (κ3) is 4.11. The average Bonchev–Trinajstić information content (AvgIpc) is 2.61. The zero-order valence-corrected chi connectivity index (χ0v) is 15.3. The maximum absolute atomic E-state index is 11.5. The molecule has 3 aromatic rings. The van der Waals surface area contributed by atoms with Gasteiger partial charge in [-0.2, -0.15) is 0 Å². The van der Waals surface area contributed by atoms with Gasteiger partial charge in [-0.05, 0) is 48.7 Å². The minimum absolute atomic E-state index is 0.203. The van der Waals surface area contributed by atoms with Gasteiger partial charge in [0.2, 0.25) is 0 Å². The molecule has 0 saturated carbocycles. The number of carboxylic acids is 1. The van der Waals surface area contributed by atoms with Crippen LogP contribution < -0.4 is 10.4 Å². The Labute approximate surface area is 157 Å². The van der Waals surface area contributed by atoms with Gasteiger partial charge in [0, 0.05) is 16.0 Å². The number of hydrogen-bond donors (Lipinski definition) is 1. The number of para-hydroxylation sites is 1. The number of rotatable bonds is 6. The van der Waals surface area contributed by atoms with Crippen LogP contribution in [0.4, 0.5) is 5.82 Å². The Bertz CT molecular complexity index is 926. The first kappa shape index (κ1) is 18.1. The molecule has 26 heavy (non-hydrogen) atoms. The molecular weight excluding hydrogens is 350 g/mol. The molecule has 6 heteroatoms. The van der Waals surface area contributed by atoms with Gasteiger partial charge >= 0.3 is 0 Å². The van der Waals surface area contributed by atoms with Crippen molar-refractivity contribution in [1.82, 2.24) is 9.97 Å². The van der Waals surface area contributed by atoms with Gasteiger partial charge in [0.05, 0.1) is 17.5 Å². The van der Waals surface area contributed by atoms with Crippen molar-refractivity contribution in [2.75, 3.05) is 5.32 Å². The van der Waals surface area contributed by atoms with E-state index in [1.807, 2.05) is 50.2 Å². The monoisotopic (exact) mass is 368 g/mol. The van der Waals surface area contributed by atoms with E-state index in [9.17, 15) is 9.90 Å². The Kier molecular flexibility index (Phi) is 5.38. The number of aromatic nitrogens is 2. The molecule has 1 N–H and O–H groups in total. The lowest BCUT2D eigenvalue weighted by atomic mass is 10.0. The van der Waals surface area contributed by atoms with Crippen LogP contribution in [0.15, 0.2) is 48.5 Å². The molecule has 0 saturated heterocycles. The Hall–Kier alpha value is -2.66. The zero-order chi connectivity index (χ0) is 18.7. The number of carboxylic acid groups (broad SMARTS) is 1. The van der Waals surface area contributed by atoms with Crippen molar-refractivity contribution in [3.05, 3.63) is 53.6 Å². The quantitative estimate of drug-likeness (QED) is 0.720. The SMILES string of the molecule is CC(C)C[C@@H](Nc1nc(-c2ccc(Cl)cc2)nc2ccccc12)C(=O)[O-].